The first-order valence-electron chi connectivity index (χ1n) is 10.1. The smallest absolute Gasteiger partial charge is 0.226 e. The molecular formula is C21H32IN5O3. The number of β-amino-alcohol motifs (C(OH)–C–C–N with tert-alkyl or cyclic N) is 1. The molecule has 0 amide bonds. The zero-order valence-electron chi connectivity index (χ0n) is 17.6. The highest BCUT2D eigenvalue weighted by Gasteiger charge is 2.25. The number of halogens is 1. The summed E-state index contributed by atoms with van der Waals surface area (Å²) >= 11 is 0. The van der Waals surface area contributed by atoms with Crippen molar-refractivity contribution >= 4 is 29.9 Å². The van der Waals surface area contributed by atoms with Gasteiger partial charge in [-0.3, -0.25) is 4.90 Å². The Balaban J connectivity index is 0.00000320. The van der Waals surface area contributed by atoms with Crippen molar-refractivity contribution in [3.63, 3.8) is 0 Å². The fourth-order valence-corrected chi connectivity index (χ4v) is 3.17. The lowest BCUT2D eigenvalue weighted by Crippen LogP contribution is -2.52. The lowest BCUT2D eigenvalue weighted by atomic mass is 10.1. The Kier molecular flexibility index (Phi) is 10.0. The van der Waals surface area contributed by atoms with Crippen LogP contribution in [0.25, 0.3) is 11.5 Å². The van der Waals surface area contributed by atoms with E-state index in [0.29, 0.717) is 31.5 Å². The molecule has 0 aliphatic carbocycles. The third-order valence-corrected chi connectivity index (χ3v) is 4.62. The molecule has 2 aromatic rings. The summed E-state index contributed by atoms with van der Waals surface area (Å²) < 4.78 is 10.9. The van der Waals surface area contributed by atoms with Crippen molar-refractivity contribution in [2.75, 3.05) is 45.9 Å². The average molecular weight is 529 g/mol. The number of morpholine rings is 1. The van der Waals surface area contributed by atoms with E-state index >= 15 is 0 Å². The second-order valence-electron chi connectivity index (χ2n) is 7.44. The van der Waals surface area contributed by atoms with Gasteiger partial charge in [0.05, 0.1) is 25.4 Å². The molecule has 1 aliphatic rings. The lowest BCUT2D eigenvalue weighted by molar-refractivity contribution is -0.0201. The summed E-state index contributed by atoms with van der Waals surface area (Å²) in [6.45, 7) is 9.07. The van der Waals surface area contributed by atoms with Crippen LogP contribution in [0.5, 0.6) is 0 Å². The van der Waals surface area contributed by atoms with Crippen LogP contribution in [0, 0.1) is 0 Å². The quantitative estimate of drug-likeness (QED) is 0.274. The van der Waals surface area contributed by atoms with Crippen LogP contribution in [0.1, 0.15) is 19.5 Å². The van der Waals surface area contributed by atoms with Crippen molar-refractivity contribution in [2.45, 2.75) is 26.0 Å². The van der Waals surface area contributed by atoms with Crippen LogP contribution in [0.15, 0.2) is 46.0 Å². The van der Waals surface area contributed by atoms with Gasteiger partial charge in [-0.1, -0.05) is 18.2 Å². The van der Waals surface area contributed by atoms with Gasteiger partial charge < -0.3 is 24.9 Å². The average Bonchev–Trinajstić information content (AvgIpc) is 3.20. The van der Waals surface area contributed by atoms with Gasteiger partial charge >= 0.3 is 0 Å². The molecule has 1 aliphatic heterocycles. The van der Waals surface area contributed by atoms with Crippen LogP contribution in [0.4, 0.5) is 0 Å². The molecule has 1 aromatic carbocycles. The van der Waals surface area contributed by atoms with Crippen LogP contribution in [-0.4, -0.2) is 72.5 Å². The van der Waals surface area contributed by atoms with Gasteiger partial charge in [-0.2, -0.15) is 0 Å². The number of hydrogen-bond acceptors (Lipinski definition) is 6. The molecule has 0 spiro atoms. The predicted octanol–water partition coefficient (Wildman–Crippen LogP) is 2.10. The van der Waals surface area contributed by atoms with Crippen LogP contribution < -0.4 is 10.6 Å². The van der Waals surface area contributed by atoms with Crippen molar-refractivity contribution in [3.8, 4) is 11.5 Å². The molecule has 3 N–H and O–H groups in total. The van der Waals surface area contributed by atoms with Crippen molar-refractivity contribution < 1.29 is 14.3 Å². The minimum absolute atomic E-state index is 0. The normalized spacial score (nSPS) is 17.1. The fourth-order valence-electron chi connectivity index (χ4n) is 3.17. The monoisotopic (exact) mass is 529 g/mol. The first kappa shape index (κ1) is 24.6. The zero-order valence-corrected chi connectivity index (χ0v) is 20.0. The summed E-state index contributed by atoms with van der Waals surface area (Å²) in [6, 6.07) is 9.78. The highest BCUT2D eigenvalue weighted by molar-refractivity contribution is 14.0. The number of hydrogen-bond donors (Lipinski definition) is 3. The van der Waals surface area contributed by atoms with E-state index < -0.39 is 5.60 Å². The number of benzene rings is 1. The van der Waals surface area contributed by atoms with E-state index in [1.807, 2.05) is 44.2 Å². The molecule has 3 rings (SSSR count). The Morgan fingerprint density at radius 2 is 1.97 bits per heavy atom. The number of aromatic nitrogens is 1. The Morgan fingerprint density at radius 3 is 2.67 bits per heavy atom. The van der Waals surface area contributed by atoms with Gasteiger partial charge in [0.2, 0.25) is 5.89 Å². The van der Waals surface area contributed by atoms with Crippen molar-refractivity contribution in [1.29, 1.82) is 0 Å². The maximum atomic E-state index is 10.7. The summed E-state index contributed by atoms with van der Waals surface area (Å²) in [7, 11) is 0. The minimum atomic E-state index is -0.873. The molecule has 0 radical (unpaired) electrons. The minimum Gasteiger partial charge on any atom is -0.444 e. The van der Waals surface area contributed by atoms with Gasteiger partial charge in [0.15, 0.2) is 5.96 Å². The molecule has 0 saturated carbocycles. The molecule has 30 heavy (non-hydrogen) atoms. The molecular weight excluding hydrogens is 497 g/mol. The highest BCUT2D eigenvalue weighted by Crippen LogP contribution is 2.18. The standard InChI is InChI=1S/C21H31N5O3.HI/c1-3-22-20(24-15-21(2,27)16-26-9-11-28-12-10-26)23-13-18-14-29-19(25-18)17-7-5-4-6-8-17;/h4-8,14,27H,3,9-13,15-16H2,1-2H3,(H2,22,23,24);1H. The van der Waals surface area contributed by atoms with Gasteiger partial charge in [-0.15, -0.1) is 24.0 Å². The van der Waals surface area contributed by atoms with Gasteiger partial charge in [0, 0.05) is 38.3 Å². The Labute approximate surface area is 195 Å². The van der Waals surface area contributed by atoms with E-state index in [0.717, 1.165) is 44.1 Å². The number of nitrogens with one attached hydrogen (secondary N) is 2. The second kappa shape index (κ2) is 12.2. The van der Waals surface area contributed by atoms with E-state index in [1.54, 1.807) is 6.26 Å². The molecule has 1 saturated heterocycles. The van der Waals surface area contributed by atoms with Crippen molar-refractivity contribution in [1.82, 2.24) is 20.5 Å². The summed E-state index contributed by atoms with van der Waals surface area (Å²) in [4.78, 5) is 11.3. The number of guanidine groups is 1. The van der Waals surface area contributed by atoms with Crippen molar-refractivity contribution in [2.24, 2.45) is 4.99 Å². The highest BCUT2D eigenvalue weighted by atomic mass is 127. The van der Waals surface area contributed by atoms with Gasteiger partial charge in [-0.25, -0.2) is 9.98 Å². The van der Waals surface area contributed by atoms with Crippen LogP contribution in [-0.2, 0) is 11.3 Å². The van der Waals surface area contributed by atoms with Crippen molar-refractivity contribution in [3.05, 3.63) is 42.3 Å². The molecule has 8 nitrogen and oxygen atoms in total. The Bertz CT molecular complexity index is 776. The number of ether oxygens (including phenoxy) is 1. The Morgan fingerprint density at radius 1 is 1.23 bits per heavy atom. The van der Waals surface area contributed by atoms with Gasteiger partial charge in [0.25, 0.3) is 0 Å². The summed E-state index contributed by atoms with van der Waals surface area (Å²) in [5.74, 6) is 1.22. The molecule has 1 aromatic heterocycles. The SMILES string of the molecule is CCNC(=NCc1coc(-c2ccccc2)n1)NCC(C)(O)CN1CCOCC1.I. The number of oxazole rings is 1. The first-order valence-corrected chi connectivity index (χ1v) is 10.1. The Hall–Kier alpha value is -1.69. The maximum Gasteiger partial charge on any atom is 0.226 e. The van der Waals surface area contributed by atoms with Gasteiger partial charge in [-0.05, 0) is 26.0 Å². The largest absolute Gasteiger partial charge is 0.444 e. The molecule has 1 fully saturated rings. The third-order valence-electron chi connectivity index (χ3n) is 4.62. The molecule has 1 unspecified atom stereocenters. The van der Waals surface area contributed by atoms with Gasteiger partial charge in [0.1, 0.15) is 12.0 Å². The number of rotatable bonds is 8. The van der Waals surface area contributed by atoms with Crippen LogP contribution in [0.2, 0.25) is 0 Å². The number of nitrogens with zero attached hydrogens (tertiary/aromatic N) is 3. The topological polar surface area (TPSA) is 95.2 Å². The summed E-state index contributed by atoms with van der Waals surface area (Å²) in [6.07, 6.45) is 1.63. The van der Waals surface area contributed by atoms with E-state index in [9.17, 15) is 5.11 Å². The molecule has 9 heteroatoms. The third kappa shape index (κ3) is 7.86. The fraction of sp³-hybridized carbons (Fsp3) is 0.524. The van der Waals surface area contributed by atoms with E-state index in [2.05, 4.69) is 25.5 Å². The predicted molar refractivity (Wildman–Crippen MR) is 128 cm³/mol. The molecule has 0 bridgehead atoms. The summed E-state index contributed by atoms with van der Waals surface area (Å²) in [5, 5.41) is 17.2. The molecule has 166 valence electrons. The van der Waals surface area contributed by atoms with E-state index in [4.69, 9.17) is 9.15 Å². The van der Waals surface area contributed by atoms with E-state index in [-0.39, 0.29) is 24.0 Å². The number of aliphatic hydroxyl groups is 1. The zero-order chi connectivity index (χ0) is 20.5. The number of aliphatic imine (C=N–C) groups is 1. The summed E-state index contributed by atoms with van der Waals surface area (Å²) in [5.41, 5.74) is 0.815. The van der Waals surface area contributed by atoms with Crippen LogP contribution in [0.3, 0.4) is 0 Å². The lowest BCUT2D eigenvalue weighted by Gasteiger charge is -2.34. The first-order chi connectivity index (χ1) is 14.1. The molecule has 2 heterocycles. The van der Waals surface area contributed by atoms with Crippen LogP contribution >= 0.6 is 24.0 Å². The van der Waals surface area contributed by atoms with E-state index in [1.165, 1.54) is 0 Å². The second-order valence-corrected chi connectivity index (χ2v) is 7.44. The maximum absolute atomic E-state index is 10.7. The molecule has 1 atom stereocenters.